The second-order valence-electron chi connectivity index (χ2n) is 8.73. The number of carbonyl (C=O) groups is 1. The molecule has 0 aliphatic rings. The summed E-state index contributed by atoms with van der Waals surface area (Å²) in [6.45, 7) is 7.83. The monoisotopic (exact) mass is 488 g/mol. The Morgan fingerprint density at radius 3 is 2.53 bits per heavy atom. The lowest BCUT2D eigenvalue weighted by atomic mass is 10.1. The fraction of sp³-hybridized carbons (Fsp3) is 0.417. The number of ether oxygens (including phenoxy) is 1. The van der Waals surface area contributed by atoms with E-state index in [9.17, 15) is 15.0 Å². The maximum atomic E-state index is 10.9. The van der Waals surface area contributed by atoms with E-state index in [1.54, 1.807) is 19.1 Å². The van der Waals surface area contributed by atoms with Crippen LogP contribution in [0.5, 0.6) is 5.75 Å². The quantitative estimate of drug-likeness (QED) is 0.394. The van der Waals surface area contributed by atoms with Crippen LogP contribution in [-0.2, 0) is 11.2 Å². The van der Waals surface area contributed by atoms with E-state index < -0.39 is 18.1 Å². The van der Waals surface area contributed by atoms with Gasteiger partial charge in [0, 0.05) is 28.9 Å². The molecule has 0 aliphatic heterocycles. The first kappa shape index (κ1) is 25.6. The molecular formula is C24H29ClN4O5. The molecule has 0 fully saturated rings. The van der Waals surface area contributed by atoms with E-state index in [1.165, 1.54) is 0 Å². The lowest BCUT2D eigenvalue weighted by molar-refractivity contribution is -0.127. The molecule has 34 heavy (non-hydrogen) atoms. The minimum absolute atomic E-state index is 0.170. The molecule has 2 atom stereocenters. The molecule has 0 saturated heterocycles. The first-order chi connectivity index (χ1) is 16.0. The molecule has 0 spiro atoms. The summed E-state index contributed by atoms with van der Waals surface area (Å²) >= 11 is 6.41. The minimum atomic E-state index is -1.45. The summed E-state index contributed by atoms with van der Waals surface area (Å²) < 4.78 is 11.1. The van der Waals surface area contributed by atoms with E-state index in [0.717, 1.165) is 23.4 Å². The number of aliphatic hydroxyl groups is 2. The number of rotatable bonds is 10. The molecule has 2 aromatic heterocycles. The number of benzene rings is 1. The summed E-state index contributed by atoms with van der Waals surface area (Å²) in [6, 6.07) is 7.30. The van der Waals surface area contributed by atoms with E-state index in [2.05, 4.69) is 29.0 Å². The van der Waals surface area contributed by atoms with E-state index in [0.29, 0.717) is 39.5 Å². The highest BCUT2D eigenvalue weighted by Crippen LogP contribution is 2.34. The van der Waals surface area contributed by atoms with Gasteiger partial charge in [0.15, 0.2) is 0 Å². The molecule has 1 amide bonds. The van der Waals surface area contributed by atoms with Crippen LogP contribution in [0.2, 0.25) is 5.02 Å². The van der Waals surface area contributed by atoms with Crippen molar-refractivity contribution in [2.24, 2.45) is 11.7 Å². The lowest BCUT2D eigenvalue weighted by Gasteiger charge is -2.16. The van der Waals surface area contributed by atoms with Gasteiger partial charge in [-0.3, -0.25) is 9.78 Å². The van der Waals surface area contributed by atoms with Crippen LogP contribution in [0.3, 0.4) is 0 Å². The third-order valence-electron chi connectivity index (χ3n) is 5.03. The smallest absolute Gasteiger partial charge is 0.258 e. The molecule has 3 aromatic rings. The van der Waals surface area contributed by atoms with Crippen LogP contribution in [0.1, 0.15) is 37.2 Å². The number of nitrogens with zero attached hydrogens (tertiary/aromatic N) is 3. The highest BCUT2D eigenvalue weighted by atomic mass is 35.5. The van der Waals surface area contributed by atoms with Crippen LogP contribution < -0.4 is 10.5 Å². The van der Waals surface area contributed by atoms with Crippen molar-refractivity contribution in [2.75, 3.05) is 6.61 Å². The molecule has 0 radical (unpaired) electrons. The highest BCUT2D eigenvalue weighted by molar-refractivity contribution is 6.32. The van der Waals surface area contributed by atoms with Gasteiger partial charge in [0.1, 0.15) is 18.5 Å². The fourth-order valence-corrected chi connectivity index (χ4v) is 3.83. The minimum Gasteiger partial charge on any atom is -0.489 e. The Hall–Kier alpha value is -3.01. The van der Waals surface area contributed by atoms with Crippen molar-refractivity contribution in [1.82, 2.24) is 15.1 Å². The summed E-state index contributed by atoms with van der Waals surface area (Å²) in [4.78, 5) is 20.0. The van der Waals surface area contributed by atoms with Crippen molar-refractivity contribution in [1.29, 1.82) is 0 Å². The number of nitrogens with two attached hydrogens (primary N) is 1. The summed E-state index contributed by atoms with van der Waals surface area (Å²) in [5, 5.41) is 23.8. The van der Waals surface area contributed by atoms with E-state index in [4.69, 9.17) is 26.6 Å². The predicted octanol–water partition coefficient (Wildman–Crippen LogP) is 3.24. The van der Waals surface area contributed by atoms with Gasteiger partial charge in [-0.25, -0.2) is 0 Å². The number of amides is 1. The number of halogens is 1. The van der Waals surface area contributed by atoms with Gasteiger partial charge in [-0.2, -0.15) is 4.98 Å². The topological polar surface area (TPSA) is 145 Å². The molecule has 1 unspecified atom stereocenters. The lowest BCUT2D eigenvalue weighted by Crippen LogP contribution is -2.33. The van der Waals surface area contributed by atoms with E-state index in [-0.39, 0.29) is 13.0 Å². The van der Waals surface area contributed by atoms with Gasteiger partial charge in [0.25, 0.3) is 5.89 Å². The van der Waals surface area contributed by atoms with Gasteiger partial charge in [-0.05, 0) is 56.0 Å². The average Bonchev–Trinajstić information content (AvgIpc) is 3.22. The van der Waals surface area contributed by atoms with Gasteiger partial charge in [0.05, 0.1) is 11.1 Å². The fourth-order valence-electron chi connectivity index (χ4n) is 3.51. The van der Waals surface area contributed by atoms with Gasteiger partial charge in [-0.1, -0.05) is 30.6 Å². The highest BCUT2D eigenvalue weighted by Gasteiger charge is 2.19. The zero-order valence-electron chi connectivity index (χ0n) is 19.6. The normalized spacial score (nSPS) is 13.2. The van der Waals surface area contributed by atoms with E-state index in [1.807, 2.05) is 19.1 Å². The summed E-state index contributed by atoms with van der Waals surface area (Å²) in [5.41, 5.74) is 8.98. The van der Waals surface area contributed by atoms with Crippen LogP contribution in [0.4, 0.5) is 0 Å². The van der Waals surface area contributed by atoms with Crippen molar-refractivity contribution >= 4 is 17.5 Å². The maximum absolute atomic E-state index is 10.9. The third kappa shape index (κ3) is 6.53. The number of hydrogen-bond acceptors (Lipinski definition) is 8. The molecule has 3 rings (SSSR count). The Bertz CT molecular complexity index is 1140. The number of aryl methyl sites for hydroxylation is 2. The van der Waals surface area contributed by atoms with E-state index >= 15 is 0 Å². The van der Waals surface area contributed by atoms with Crippen molar-refractivity contribution < 1.29 is 24.3 Å². The maximum Gasteiger partial charge on any atom is 0.258 e. The van der Waals surface area contributed by atoms with Crippen LogP contribution in [0.15, 0.2) is 28.8 Å². The SMILES string of the molecule is Cc1cc(-c2nc(-c3cc(C)c(OC[C@H](O)CC(O)C(N)=O)c(Cl)c3)no2)cc(CC(C)C)n1. The number of aromatic nitrogens is 3. The molecule has 0 aliphatic carbocycles. The predicted molar refractivity (Wildman–Crippen MR) is 127 cm³/mol. The largest absolute Gasteiger partial charge is 0.489 e. The van der Waals surface area contributed by atoms with Crippen molar-refractivity contribution in [3.05, 3.63) is 46.2 Å². The molecule has 0 saturated carbocycles. The molecule has 1 aromatic carbocycles. The number of pyridine rings is 1. The van der Waals surface area contributed by atoms with Crippen LogP contribution in [0.25, 0.3) is 22.8 Å². The first-order valence-electron chi connectivity index (χ1n) is 10.9. The second-order valence-corrected chi connectivity index (χ2v) is 9.14. The molecule has 9 nitrogen and oxygen atoms in total. The van der Waals surface area contributed by atoms with Crippen LogP contribution in [0, 0.1) is 19.8 Å². The Morgan fingerprint density at radius 2 is 1.88 bits per heavy atom. The van der Waals surface area contributed by atoms with Crippen molar-refractivity contribution in [2.45, 2.75) is 52.7 Å². The van der Waals surface area contributed by atoms with Gasteiger partial charge >= 0.3 is 0 Å². The second kappa shape index (κ2) is 10.9. The Balaban J connectivity index is 1.77. The Morgan fingerprint density at radius 1 is 1.15 bits per heavy atom. The molecule has 182 valence electrons. The molecule has 2 heterocycles. The standard InChI is InChI=1S/C24H29ClN4O5/c1-12(2)5-17-8-16(7-14(4)27-17)24-28-23(29-34-24)15-6-13(3)21(19(25)9-15)33-11-18(30)10-20(31)22(26)32/h6-9,12,18,20,30-31H,5,10-11H2,1-4H3,(H2,26,32)/t18-,20?/m1/s1. The number of aliphatic hydroxyl groups excluding tert-OH is 2. The Labute approximate surface area is 202 Å². The zero-order chi connectivity index (χ0) is 25.0. The van der Waals surface area contributed by atoms with Gasteiger partial charge < -0.3 is 25.2 Å². The summed E-state index contributed by atoms with van der Waals surface area (Å²) in [7, 11) is 0. The molecule has 10 heteroatoms. The van der Waals surface area contributed by atoms with Crippen molar-refractivity contribution in [3.63, 3.8) is 0 Å². The van der Waals surface area contributed by atoms with Gasteiger partial charge in [0.2, 0.25) is 11.7 Å². The van der Waals surface area contributed by atoms with Crippen LogP contribution in [-0.4, -0.2) is 50.1 Å². The Kier molecular flexibility index (Phi) is 8.24. The van der Waals surface area contributed by atoms with Gasteiger partial charge in [-0.15, -0.1) is 0 Å². The first-order valence-corrected chi connectivity index (χ1v) is 11.3. The zero-order valence-corrected chi connectivity index (χ0v) is 20.3. The molecule has 4 N–H and O–H groups in total. The number of primary amides is 1. The third-order valence-corrected chi connectivity index (χ3v) is 5.31. The van der Waals surface area contributed by atoms with Crippen LogP contribution >= 0.6 is 11.6 Å². The summed E-state index contributed by atoms with van der Waals surface area (Å²) in [5.74, 6) is 0.687. The summed E-state index contributed by atoms with van der Waals surface area (Å²) in [6.07, 6.45) is -1.93. The number of carbonyl (C=O) groups excluding carboxylic acids is 1. The molecular weight excluding hydrogens is 460 g/mol. The average molecular weight is 489 g/mol. The van der Waals surface area contributed by atoms with Crippen molar-refractivity contribution in [3.8, 4) is 28.6 Å². The number of hydrogen-bond donors (Lipinski definition) is 3. The molecule has 0 bridgehead atoms.